The zero-order valence-corrected chi connectivity index (χ0v) is 13.9. The van der Waals surface area contributed by atoms with Gasteiger partial charge >= 0.3 is 0 Å². The second-order valence-corrected chi connectivity index (χ2v) is 5.49. The van der Waals surface area contributed by atoms with Crippen LogP contribution in [0.5, 0.6) is 5.75 Å². The Morgan fingerprint density at radius 3 is 2.39 bits per heavy atom. The summed E-state index contributed by atoms with van der Waals surface area (Å²) in [7, 11) is 0. The molecule has 1 unspecified atom stereocenters. The number of hydrazine groups is 1. The van der Waals surface area contributed by atoms with E-state index in [9.17, 15) is 4.79 Å². The maximum Gasteiger partial charge on any atom is 0.279 e. The van der Waals surface area contributed by atoms with Gasteiger partial charge in [-0.15, -0.1) is 0 Å². The molecule has 0 spiro atoms. The van der Waals surface area contributed by atoms with E-state index in [1.54, 1.807) is 31.2 Å². The van der Waals surface area contributed by atoms with E-state index >= 15 is 0 Å². The fraction of sp³-hybridized carbons (Fsp3) is 0.125. The number of carbonyl (C=O) groups is 1. The van der Waals surface area contributed by atoms with E-state index in [0.717, 1.165) is 5.69 Å². The molecule has 7 heteroatoms. The van der Waals surface area contributed by atoms with Gasteiger partial charge in [-0.1, -0.05) is 29.8 Å². The number of nitrogens with one attached hydrogen (secondary N) is 3. The highest BCUT2D eigenvalue weighted by atomic mass is 35.5. The van der Waals surface area contributed by atoms with E-state index in [4.69, 9.17) is 28.6 Å². The molecule has 1 amide bonds. The SMILES string of the molecule is CC(Oc1ccc(Cl)cc1)C(=O)NNC(=S)Nc1ccccc1. The van der Waals surface area contributed by atoms with Crippen LogP contribution < -0.4 is 20.9 Å². The summed E-state index contributed by atoms with van der Waals surface area (Å²) in [6.07, 6.45) is -0.691. The molecule has 0 saturated heterocycles. The number of hydrogen-bond acceptors (Lipinski definition) is 3. The lowest BCUT2D eigenvalue weighted by Crippen LogP contribution is -2.48. The number of thiocarbonyl (C=S) groups is 1. The highest BCUT2D eigenvalue weighted by molar-refractivity contribution is 7.80. The Kier molecular flexibility index (Phi) is 6.19. The number of rotatable bonds is 4. The van der Waals surface area contributed by atoms with Crippen molar-refractivity contribution >= 4 is 40.5 Å². The summed E-state index contributed by atoms with van der Waals surface area (Å²) in [6, 6.07) is 16.2. The average Bonchev–Trinajstić information content (AvgIpc) is 2.55. The lowest BCUT2D eigenvalue weighted by Gasteiger charge is -2.16. The maximum absolute atomic E-state index is 12.0. The zero-order chi connectivity index (χ0) is 16.7. The molecule has 3 N–H and O–H groups in total. The summed E-state index contributed by atoms with van der Waals surface area (Å²) < 4.78 is 5.51. The molecule has 0 fully saturated rings. The Morgan fingerprint density at radius 2 is 1.74 bits per heavy atom. The number of para-hydroxylation sites is 1. The number of anilines is 1. The zero-order valence-electron chi connectivity index (χ0n) is 12.4. The first kappa shape index (κ1) is 17.1. The Balaban J connectivity index is 1.77. The van der Waals surface area contributed by atoms with E-state index in [1.165, 1.54) is 0 Å². The van der Waals surface area contributed by atoms with Crippen molar-refractivity contribution in [1.82, 2.24) is 10.9 Å². The van der Waals surface area contributed by atoms with Gasteiger partial charge in [-0.05, 0) is 55.5 Å². The molecule has 0 radical (unpaired) electrons. The molecule has 2 aromatic rings. The predicted molar refractivity (Wildman–Crippen MR) is 95.5 cm³/mol. The lowest BCUT2D eigenvalue weighted by atomic mass is 10.3. The van der Waals surface area contributed by atoms with E-state index < -0.39 is 6.10 Å². The van der Waals surface area contributed by atoms with Gasteiger partial charge in [0.2, 0.25) is 0 Å². The van der Waals surface area contributed by atoms with Gasteiger partial charge in [0.1, 0.15) is 5.75 Å². The number of hydrogen-bond donors (Lipinski definition) is 3. The van der Waals surface area contributed by atoms with Gasteiger partial charge in [-0.2, -0.15) is 0 Å². The smallest absolute Gasteiger partial charge is 0.279 e. The van der Waals surface area contributed by atoms with Crippen molar-refractivity contribution in [2.24, 2.45) is 0 Å². The van der Waals surface area contributed by atoms with Gasteiger partial charge < -0.3 is 10.1 Å². The summed E-state index contributed by atoms with van der Waals surface area (Å²) in [5, 5.41) is 3.83. The van der Waals surface area contributed by atoms with Crippen molar-refractivity contribution in [3.05, 3.63) is 59.6 Å². The minimum atomic E-state index is -0.691. The number of halogens is 1. The summed E-state index contributed by atoms with van der Waals surface area (Å²) in [5.41, 5.74) is 5.94. The minimum Gasteiger partial charge on any atom is -0.481 e. The van der Waals surface area contributed by atoms with Gasteiger partial charge in [0.15, 0.2) is 11.2 Å². The maximum atomic E-state index is 12.0. The minimum absolute atomic E-state index is 0.281. The van der Waals surface area contributed by atoms with Gasteiger partial charge in [0, 0.05) is 10.7 Å². The fourth-order valence-electron chi connectivity index (χ4n) is 1.67. The van der Waals surface area contributed by atoms with Crippen molar-refractivity contribution < 1.29 is 9.53 Å². The summed E-state index contributed by atoms with van der Waals surface area (Å²) >= 11 is 10.9. The van der Waals surface area contributed by atoms with Gasteiger partial charge in [0.05, 0.1) is 0 Å². The average molecular weight is 350 g/mol. The molecular weight excluding hydrogens is 334 g/mol. The molecule has 0 aliphatic rings. The Labute approximate surface area is 145 Å². The first-order valence-electron chi connectivity index (χ1n) is 6.89. The van der Waals surface area contributed by atoms with Crippen LogP contribution in [0.15, 0.2) is 54.6 Å². The van der Waals surface area contributed by atoms with Crippen LogP contribution >= 0.6 is 23.8 Å². The van der Waals surface area contributed by atoms with Crippen molar-refractivity contribution in [1.29, 1.82) is 0 Å². The van der Waals surface area contributed by atoms with Crippen LogP contribution in [-0.4, -0.2) is 17.1 Å². The van der Waals surface area contributed by atoms with E-state index in [2.05, 4.69) is 16.2 Å². The summed E-state index contributed by atoms with van der Waals surface area (Å²) in [5.74, 6) is 0.208. The quantitative estimate of drug-likeness (QED) is 0.584. The molecule has 2 aromatic carbocycles. The first-order chi connectivity index (χ1) is 11.0. The molecule has 5 nitrogen and oxygen atoms in total. The molecule has 23 heavy (non-hydrogen) atoms. The molecular formula is C16H16ClN3O2S. The molecule has 0 aliphatic carbocycles. The molecule has 0 bridgehead atoms. The van der Waals surface area contributed by atoms with Crippen molar-refractivity contribution in [3.8, 4) is 5.75 Å². The molecule has 0 aromatic heterocycles. The molecule has 2 rings (SSSR count). The molecule has 120 valence electrons. The second kappa shape index (κ2) is 8.36. The van der Waals surface area contributed by atoms with Crippen LogP contribution in [0.4, 0.5) is 5.69 Å². The van der Waals surface area contributed by atoms with Crippen LogP contribution in [0.1, 0.15) is 6.92 Å². The summed E-state index contributed by atoms with van der Waals surface area (Å²) in [4.78, 5) is 12.0. The Bertz CT molecular complexity index is 665. The normalized spacial score (nSPS) is 11.2. The number of amides is 1. The molecule has 0 saturated carbocycles. The predicted octanol–water partition coefficient (Wildman–Crippen LogP) is 3.13. The molecule has 0 heterocycles. The van der Waals surface area contributed by atoms with Crippen LogP contribution in [-0.2, 0) is 4.79 Å². The highest BCUT2D eigenvalue weighted by Gasteiger charge is 2.14. The van der Waals surface area contributed by atoms with Crippen molar-refractivity contribution in [2.75, 3.05) is 5.32 Å². The van der Waals surface area contributed by atoms with Gasteiger partial charge in [-0.25, -0.2) is 0 Å². The monoisotopic (exact) mass is 349 g/mol. The Morgan fingerprint density at radius 1 is 1.09 bits per heavy atom. The fourth-order valence-corrected chi connectivity index (χ4v) is 1.97. The Hall–Kier alpha value is -2.31. The van der Waals surface area contributed by atoms with Crippen LogP contribution in [0.3, 0.4) is 0 Å². The molecule has 0 aliphatic heterocycles. The topological polar surface area (TPSA) is 62.4 Å². The number of carbonyl (C=O) groups excluding carboxylic acids is 1. The van der Waals surface area contributed by atoms with Crippen molar-refractivity contribution in [3.63, 3.8) is 0 Å². The van der Waals surface area contributed by atoms with Gasteiger partial charge in [-0.3, -0.25) is 15.6 Å². The number of benzene rings is 2. The van der Waals surface area contributed by atoms with Gasteiger partial charge in [0.25, 0.3) is 5.91 Å². The van der Waals surface area contributed by atoms with Crippen LogP contribution in [0, 0.1) is 0 Å². The van der Waals surface area contributed by atoms with E-state index in [-0.39, 0.29) is 11.0 Å². The third-order valence-corrected chi connectivity index (χ3v) is 3.28. The third kappa shape index (κ3) is 5.77. The summed E-state index contributed by atoms with van der Waals surface area (Å²) in [6.45, 7) is 1.64. The van der Waals surface area contributed by atoms with Crippen LogP contribution in [0.2, 0.25) is 5.02 Å². The lowest BCUT2D eigenvalue weighted by molar-refractivity contribution is -0.127. The number of ether oxygens (including phenoxy) is 1. The molecule has 1 atom stereocenters. The largest absolute Gasteiger partial charge is 0.481 e. The van der Waals surface area contributed by atoms with E-state index in [0.29, 0.717) is 10.8 Å². The third-order valence-electron chi connectivity index (χ3n) is 2.83. The standard InChI is InChI=1S/C16H16ClN3O2S/c1-11(22-14-9-7-12(17)8-10-14)15(21)19-20-16(23)18-13-5-3-2-4-6-13/h2-11H,1H3,(H,19,21)(H2,18,20,23). The van der Waals surface area contributed by atoms with E-state index in [1.807, 2.05) is 30.3 Å². The highest BCUT2D eigenvalue weighted by Crippen LogP contribution is 2.16. The second-order valence-electron chi connectivity index (χ2n) is 4.65. The first-order valence-corrected chi connectivity index (χ1v) is 7.67. The van der Waals surface area contributed by atoms with Crippen molar-refractivity contribution in [2.45, 2.75) is 13.0 Å². The van der Waals surface area contributed by atoms with Crippen LogP contribution in [0.25, 0.3) is 0 Å².